The standard InChI is InChI=1S/C10H13ClN2O/c1-6-3-4-8(11)5-9(6)13-7(2)10(12)14/h3-5,7,13H,1-2H3,(H2,12,14). The fourth-order valence-electron chi connectivity index (χ4n) is 1.05. The predicted molar refractivity (Wildman–Crippen MR) is 58.5 cm³/mol. The van der Waals surface area contributed by atoms with Crippen molar-refractivity contribution in [3.63, 3.8) is 0 Å². The summed E-state index contributed by atoms with van der Waals surface area (Å²) in [4.78, 5) is 10.8. The second-order valence-electron chi connectivity index (χ2n) is 3.23. The number of rotatable bonds is 3. The summed E-state index contributed by atoms with van der Waals surface area (Å²) in [6.07, 6.45) is 0. The number of primary amides is 1. The van der Waals surface area contributed by atoms with Gasteiger partial charge in [0.1, 0.15) is 6.04 Å². The molecule has 1 unspecified atom stereocenters. The molecule has 1 aromatic carbocycles. The molecule has 1 atom stereocenters. The Kier molecular flexibility index (Phi) is 3.36. The molecule has 1 rings (SSSR count). The van der Waals surface area contributed by atoms with Gasteiger partial charge in [-0.2, -0.15) is 0 Å². The highest BCUT2D eigenvalue weighted by molar-refractivity contribution is 6.30. The van der Waals surface area contributed by atoms with Crippen LogP contribution in [0.4, 0.5) is 5.69 Å². The number of halogens is 1. The lowest BCUT2D eigenvalue weighted by atomic mass is 10.2. The lowest BCUT2D eigenvalue weighted by Gasteiger charge is -2.13. The number of anilines is 1. The number of carbonyl (C=O) groups is 1. The lowest BCUT2D eigenvalue weighted by Crippen LogP contribution is -2.32. The van der Waals surface area contributed by atoms with Crippen LogP contribution >= 0.6 is 11.6 Å². The average molecular weight is 213 g/mol. The van der Waals surface area contributed by atoms with Gasteiger partial charge in [-0.15, -0.1) is 0 Å². The summed E-state index contributed by atoms with van der Waals surface area (Å²) in [7, 11) is 0. The Hall–Kier alpha value is -1.22. The van der Waals surface area contributed by atoms with Gasteiger partial charge in [0.15, 0.2) is 0 Å². The molecule has 3 nitrogen and oxygen atoms in total. The van der Waals surface area contributed by atoms with E-state index in [1.54, 1.807) is 19.1 Å². The molecular weight excluding hydrogens is 200 g/mol. The zero-order chi connectivity index (χ0) is 10.7. The molecule has 0 aromatic heterocycles. The second kappa shape index (κ2) is 4.33. The minimum Gasteiger partial charge on any atom is -0.374 e. The number of carbonyl (C=O) groups excluding carboxylic acids is 1. The molecule has 0 spiro atoms. The molecule has 0 fully saturated rings. The van der Waals surface area contributed by atoms with E-state index in [4.69, 9.17) is 17.3 Å². The van der Waals surface area contributed by atoms with Crippen LogP contribution in [-0.2, 0) is 4.79 Å². The largest absolute Gasteiger partial charge is 0.374 e. The van der Waals surface area contributed by atoms with Gasteiger partial charge in [-0.1, -0.05) is 17.7 Å². The average Bonchev–Trinajstić information content (AvgIpc) is 2.11. The number of hydrogen-bond donors (Lipinski definition) is 2. The Bertz CT molecular complexity index is 352. The van der Waals surface area contributed by atoms with Crippen molar-refractivity contribution >= 4 is 23.2 Å². The maximum atomic E-state index is 10.8. The lowest BCUT2D eigenvalue weighted by molar-refractivity contribution is -0.118. The first-order valence-corrected chi connectivity index (χ1v) is 4.70. The number of nitrogens with one attached hydrogen (secondary N) is 1. The van der Waals surface area contributed by atoms with Gasteiger partial charge in [-0.3, -0.25) is 4.79 Å². The highest BCUT2D eigenvalue weighted by Crippen LogP contribution is 2.20. The molecule has 76 valence electrons. The first-order chi connectivity index (χ1) is 6.50. The van der Waals surface area contributed by atoms with Crippen LogP contribution in [-0.4, -0.2) is 11.9 Å². The third kappa shape index (κ3) is 2.64. The van der Waals surface area contributed by atoms with Crippen LogP contribution in [0.2, 0.25) is 5.02 Å². The first-order valence-electron chi connectivity index (χ1n) is 4.32. The monoisotopic (exact) mass is 212 g/mol. The summed E-state index contributed by atoms with van der Waals surface area (Å²) < 4.78 is 0. The summed E-state index contributed by atoms with van der Waals surface area (Å²) in [5, 5.41) is 3.63. The van der Waals surface area contributed by atoms with Crippen LogP contribution in [0, 0.1) is 6.92 Å². The topological polar surface area (TPSA) is 55.1 Å². The third-order valence-electron chi connectivity index (χ3n) is 2.00. The van der Waals surface area contributed by atoms with Crippen LogP contribution in [0.1, 0.15) is 12.5 Å². The van der Waals surface area contributed by atoms with Gasteiger partial charge in [-0.25, -0.2) is 0 Å². The number of benzene rings is 1. The zero-order valence-corrected chi connectivity index (χ0v) is 8.93. The molecule has 4 heteroatoms. The van der Waals surface area contributed by atoms with E-state index in [2.05, 4.69) is 5.32 Å². The molecule has 0 aliphatic heterocycles. The fraction of sp³-hybridized carbons (Fsp3) is 0.300. The minimum atomic E-state index is -0.396. The van der Waals surface area contributed by atoms with Crippen molar-refractivity contribution in [2.45, 2.75) is 19.9 Å². The normalized spacial score (nSPS) is 12.2. The molecule has 0 saturated heterocycles. The summed E-state index contributed by atoms with van der Waals surface area (Å²) in [5.74, 6) is -0.385. The Labute approximate surface area is 88.2 Å². The SMILES string of the molecule is Cc1ccc(Cl)cc1NC(C)C(N)=O. The predicted octanol–water partition coefficient (Wildman–Crippen LogP) is 1.93. The Morgan fingerprint density at radius 2 is 2.21 bits per heavy atom. The van der Waals surface area contributed by atoms with Gasteiger partial charge >= 0.3 is 0 Å². The van der Waals surface area contributed by atoms with Gasteiger partial charge in [0.2, 0.25) is 5.91 Å². The van der Waals surface area contributed by atoms with Crippen molar-refractivity contribution in [3.8, 4) is 0 Å². The Morgan fingerprint density at radius 1 is 1.57 bits per heavy atom. The molecule has 0 heterocycles. The van der Waals surface area contributed by atoms with E-state index in [1.807, 2.05) is 13.0 Å². The molecule has 0 radical (unpaired) electrons. The molecule has 14 heavy (non-hydrogen) atoms. The van der Waals surface area contributed by atoms with Crippen LogP contribution in [0.3, 0.4) is 0 Å². The van der Waals surface area contributed by atoms with Crippen LogP contribution in [0.15, 0.2) is 18.2 Å². The van der Waals surface area contributed by atoms with Crippen molar-refractivity contribution in [1.82, 2.24) is 0 Å². The highest BCUT2D eigenvalue weighted by atomic mass is 35.5. The summed E-state index contributed by atoms with van der Waals surface area (Å²) in [6, 6.07) is 5.07. The second-order valence-corrected chi connectivity index (χ2v) is 3.66. The molecule has 1 aromatic rings. The maximum absolute atomic E-state index is 10.8. The van der Waals surface area contributed by atoms with Gasteiger partial charge in [0, 0.05) is 10.7 Å². The van der Waals surface area contributed by atoms with Gasteiger partial charge in [0.25, 0.3) is 0 Å². The molecule has 3 N–H and O–H groups in total. The van der Waals surface area contributed by atoms with Crippen LogP contribution in [0.25, 0.3) is 0 Å². The molecule has 0 aliphatic rings. The fourth-order valence-corrected chi connectivity index (χ4v) is 1.23. The van der Waals surface area contributed by atoms with E-state index in [9.17, 15) is 4.79 Å². The highest BCUT2D eigenvalue weighted by Gasteiger charge is 2.09. The van der Waals surface area contributed by atoms with Crippen molar-refractivity contribution in [1.29, 1.82) is 0 Å². The van der Waals surface area contributed by atoms with E-state index < -0.39 is 6.04 Å². The van der Waals surface area contributed by atoms with Gasteiger partial charge in [-0.05, 0) is 31.5 Å². The van der Waals surface area contributed by atoms with E-state index in [-0.39, 0.29) is 5.91 Å². The van der Waals surface area contributed by atoms with E-state index >= 15 is 0 Å². The maximum Gasteiger partial charge on any atom is 0.239 e. The van der Waals surface area contributed by atoms with Crippen molar-refractivity contribution in [2.24, 2.45) is 5.73 Å². The molecule has 0 bridgehead atoms. The Morgan fingerprint density at radius 3 is 2.79 bits per heavy atom. The Balaban J connectivity index is 2.85. The molecule has 1 amide bonds. The quantitative estimate of drug-likeness (QED) is 0.805. The van der Waals surface area contributed by atoms with E-state index in [0.717, 1.165) is 11.3 Å². The molecular formula is C10H13ClN2O. The van der Waals surface area contributed by atoms with Gasteiger partial charge in [0.05, 0.1) is 0 Å². The van der Waals surface area contributed by atoms with E-state index in [1.165, 1.54) is 0 Å². The number of aryl methyl sites for hydroxylation is 1. The number of nitrogens with two attached hydrogens (primary N) is 1. The first kappa shape index (κ1) is 10.9. The third-order valence-corrected chi connectivity index (χ3v) is 2.23. The summed E-state index contributed by atoms with van der Waals surface area (Å²) in [5.41, 5.74) is 7.00. The number of hydrogen-bond acceptors (Lipinski definition) is 2. The summed E-state index contributed by atoms with van der Waals surface area (Å²) in [6.45, 7) is 3.65. The minimum absolute atomic E-state index is 0.385. The van der Waals surface area contributed by atoms with Crippen molar-refractivity contribution in [2.75, 3.05) is 5.32 Å². The summed E-state index contributed by atoms with van der Waals surface area (Å²) >= 11 is 5.82. The molecule has 0 aliphatic carbocycles. The smallest absolute Gasteiger partial charge is 0.239 e. The van der Waals surface area contributed by atoms with Crippen LogP contribution < -0.4 is 11.1 Å². The molecule has 0 saturated carbocycles. The van der Waals surface area contributed by atoms with Crippen LogP contribution in [0.5, 0.6) is 0 Å². The van der Waals surface area contributed by atoms with Gasteiger partial charge < -0.3 is 11.1 Å². The van der Waals surface area contributed by atoms with E-state index in [0.29, 0.717) is 5.02 Å². The van der Waals surface area contributed by atoms with Crippen molar-refractivity contribution in [3.05, 3.63) is 28.8 Å². The van der Waals surface area contributed by atoms with Crippen molar-refractivity contribution < 1.29 is 4.79 Å². The zero-order valence-electron chi connectivity index (χ0n) is 8.17. The number of amides is 1.